The number of carbonyl (C=O) groups excluding carboxylic acids is 1. The maximum Gasteiger partial charge on any atom is 0.269 e. The van der Waals surface area contributed by atoms with Gasteiger partial charge in [0.25, 0.3) is 11.5 Å². The van der Waals surface area contributed by atoms with E-state index in [0.29, 0.717) is 43.0 Å². The summed E-state index contributed by atoms with van der Waals surface area (Å²) in [6.45, 7) is 4.72. The minimum atomic E-state index is -0.166. The van der Waals surface area contributed by atoms with Gasteiger partial charge in [-0.3, -0.25) is 19.1 Å². The van der Waals surface area contributed by atoms with Crippen molar-refractivity contribution in [3.8, 4) is 10.4 Å². The molecule has 1 aliphatic rings. The lowest BCUT2D eigenvalue weighted by atomic mass is 10.2. The zero-order valence-corrected chi connectivity index (χ0v) is 20.4. The molecule has 6 nitrogen and oxygen atoms in total. The van der Waals surface area contributed by atoms with E-state index >= 15 is 0 Å². The standard InChI is InChI=1S/C22H17N3O3S4/c1-3-24-19(26)15(31-21(24)17-20(27)25(4-2)22(29)32-17)11-16-23-18-13(28-16)10-14(30-18)12-8-6-5-7-9-12/h5-11H,3-4H2,1-2H3/b15-11+,21-17+. The molecule has 0 aliphatic carbocycles. The lowest BCUT2D eigenvalue weighted by molar-refractivity contribution is -0.120. The van der Waals surface area contributed by atoms with Gasteiger partial charge in [-0.05, 0) is 19.4 Å². The van der Waals surface area contributed by atoms with Gasteiger partial charge in [0.05, 0.1) is 4.53 Å². The summed E-state index contributed by atoms with van der Waals surface area (Å²) in [5.41, 5.74) is 1.63. The number of oxazole rings is 1. The van der Waals surface area contributed by atoms with E-state index in [0.717, 1.165) is 15.3 Å². The van der Waals surface area contributed by atoms with Crippen molar-refractivity contribution >= 4 is 78.3 Å². The molecular weight excluding hydrogens is 483 g/mol. The average Bonchev–Trinajstić information content (AvgIpc) is 3.50. The smallest absolute Gasteiger partial charge is 0.269 e. The minimum Gasteiger partial charge on any atom is -0.436 e. The number of hydrogen-bond acceptors (Lipinski definition) is 8. The number of thioether (sulfide) groups is 1. The first kappa shape index (κ1) is 21.3. The predicted octanol–water partition coefficient (Wildman–Crippen LogP) is 3.62. The number of aromatic nitrogens is 2. The number of carbonyl (C=O) groups is 1. The number of amides is 1. The van der Waals surface area contributed by atoms with Crippen molar-refractivity contribution in [1.82, 2.24) is 14.5 Å². The SMILES string of the molecule is CCN1C(=O)/C(=c2\s/c(=C/c3nc4sc(-c5ccccc5)cc4o3)c(=O)n2CC)SC1=S. The van der Waals surface area contributed by atoms with Crippen LogP contribution in [0.1, 0.15) is 19.7 Å². The molecule has 1 aromatic carbocycles. The zero-order valence-electron chi connectivity index (χ0n) is 17.2. The van der Waals surface area contributed by atoms with Crippen LogP contribution in [0.25, 0.3) is 31.8 Å². The van der Waals surface area contributed by atoms with E-state index in [2.05, 4.69) is 4.98 Å². The van der Waals surface area contributed by atoms with E-state index in [4.69, 9.17) is 16.6 Å². The molecule has 0 radical (unpaired) electrons. The number of thiocarbonyl (C=S) groups is 1. The van der Waals surface area contributed by atoms with E-state index < -0.39 is 0 Å². The molecule has 0 spiro atoms. The molecule has 1 fully saturated rings. The Hall–Kier alpha value is -2.53. The summed E-state index contributed by atoms with van der Waals surface area (Å²) in [6, 6.07) is 12.0. The van der Waals surface area contributed by atoms with E-state index in [-0.39, 0.29) is 11.5 Å². The van der Waals surface area contributed by atoms with E-state index in [1.54, 1.807) is 26.9 Å². The Labute approximate surface area is 200 Å². The first-order valence-electron chi connectivity index (χ1n) is 9.95. The fourth-order valence-electron chi connectivity index (χ4n) is 3.44. The van der Waals surface area contributed by atoms with Crippen molar-refractivity contribution in [1.29, 1.82) is 0 Å². The van der Waals surface area contributed by atoms with Gasteiger partial charge in [-0.15, -0.1) is 22.7 Å². The van der Waals surface area contributed by atoms with Gasteiger partial charge in [0.2, 0.25) is 5.89 Å². The summed E-state index contributed by atoms with van der Waals surface area (Å²) in [5, 5.41) is 0. The highest BCUT2D eigenvalue weighted by Crippen LogP contribution is 2.34. The average molecular weight is 500 g/mol. The van der Waals surface area contributed by atoms with Crippen LogP contribution in [-0.4, -0.2) is 31.2 Å². The van der Waals surface area contributed by atoms with Crippen molar-refractivity contribution in [2.24, 2.45) is 0 Å². The molecule has 0 bridgehead atoms. The molecule has 1 amide bonds. The summed E-state index contributed by atoms with van der Waals surface area (Å²) < 4.78 is 9.13. The second-order valence-electron chi connectivity index (χ2n) is 6.91. The van der Waals surface area contributed by atoms with Crippen LogP contribution in [0.2, 0.25) is 0 Å². The molecule has 3 aromatic heterocycles. The molecule has 162 valence electrons. The number of fused-ring (bicyclic) bond motifs is 1. The first-order valence-corrected chi connectivity index (χ1v) is 12.8. The van der Waals surface area contributed by atoms with Crippen LogP contribution >= 0.6 is 46.7 Å². The number of benzene rings is 1. The van der Waals surface area contributed by atoms with Gasteiger partial charge in [-0.1, -0.05) is 54.3 Å². The zero-order chi connectivity index (χ0) is 22.4. The fourth-order valence-corrected chi connectivity index (χ4v) is 7.08. The van der Waals surface area contributed by atoms with Gasteiger partial charge in [-0.25, -0.2) is 0 Å². The highest BCUT2D eigenvalue weighted by atomic mass is 32.2. The number of thiazole rings is 1. The summed E-state index contributed by atoms with van der Waals surface area (Å²) in [7, 11) is 0. The lowest BCUT2D eigenvalue weighted by Gasteiger charge is -2.09. The number of thiophene rings is 1. The Kier molecular flexibility index (Phi) is 5.62. The third-order valence-corrected chi connectivity index (χ3v) is 8.76. The van der Waals surface area contributed by atoms with Crippen molar-refractivity contribution in [3.63, 3.8) is 0 Å². The third-order valence-electron chi connectivity index (χ3n) is 5.00. The monoisotopic (exact) mass is 499 g/mol. The Balaban J connectivity index is 1.59. The van der Waals surface area contributed by atoms with Crippen molar-refractivity contribution < 1.29 is 9.21 Å². The lowest BCUT2D eigenvalue weighted by Crippen LogP contribution is -2.33. The second-order valence-corrected chi connectivity index (χ2v) is 10.6. The number of rotatable bonds is 4. The summed E-state index contributed by atoms with van der Waals surface area (Å²) in [4.78, 5) is 34.2. The first-order chi connectivity index (χ1) is 15.5. The van der Waals surface area contributed by atoms with E-state index in [1.165, 1.54) is 23.1 Å². The van der Waals surface area contributed by atoms with Crippen LogP contribution in [-0.2, 0) is 11.3 Å². The molecule has 5 rings (SSSR count). The van der Waals surface area contributed by atoms with Crippen LogP contribution in [0, 0.1) is 0 Å². The number of hydrogen-bond donors (Lipinski definition) is 0. The van der Waals surface area contributed by atoms with Crippen molar-refractivity contribution in [3.05, 3.63) is 61.8 Å². The maximum atomic E-state index is 13.0. The largest absolute Gasteiger partial charge is 0.436 e. The highest BCUT2D eigenvalue weighted by Gasteiger charge is 2.32. The number of nitrogens with zero attached hydrogens (tertiary/aromatic N) is 3. The Morgan fingerprint density at radius 2 is 1.91 bits per heavy atom. The summed E-state index contributed by atoms with van der Waals surface area (Å²) in [6.07, 6.45) is 1.65. The topological polar surface area (TPSA) is 68.3 Å². The van der Waals surface area contributed by atoms with Gasteiger partial charge in [-0.2, -0.15) is 4.98 Å². The van der Waals surface area contributed by atoms with Crippen molar-refractivity contribution in [2.45, 2.75) is 20.4 Å². The predicted molar refractivity (Wildman–Crippen MR) is 135 cm³/mol. The molecule has 0 atom stereocenters. The van der Waals surface area contributed by atoms with Gasteiger partial charge < -0.3 is 4.42 Å². The molecule has 0 unspecified atom stereocenters. The molecule has 32 heavy (non-hydrogen) atoms. The summed E-state index contributed by atoms with van der Waals surface area (Å²) in [5.74, 6) is 0.225. The molecule has 10 heteroatoms. The fraction of sp³-hybridized carbons (Fsp3) is 0.182. The van der Waals surface area contributed by atoms with Crippen LogP contribution in [0.5, 0.6) is 0 Å². The van der Waals surface area contributed by atoms with Crippen LogP contribution in [0.15, 0.2) is 45.6 Å². The molecular formula is C22H17N3O3S4. The quantitative estimate of drug-likeness (QED) is 0.400. The molecule has 4 heterocycles. The van der Waals surface area contributed by atoms with Gasteiger partial charge in [0.1, 0.15) is 13.9 Å². The van der Waals surface area contributed by atoms with Gasteiger partial charge in [0, 0.05) is 30.1 Å². The third kappa shape index (κ3) is 3.57. The Morgan fingerprint density at radius 1 is 1.12 bits per heavy atom. The Morgan fingerprint density at radius 3 is 2.56 bits per heavy atom. The van der Waals surface area contributed by atoms with Crippen LogP contribution < -0.4 is 14.8 Å². The maximum absolute atomic E-state index is 13.0. The second kappa shape index (κ2) is 8.43. The van der Waals surface area contributed by atoms with E-state index in [1.807, 2.05) is 50.2 Å². The van der Waals surface area contributed by atoms with E-state index in [9.17, 15) is 9.59 Å². The molecule has 1 saturated heterocycles. The molecule has 0 saturated carbocycles. The molecule has 1 aliphatic heterocycles. The molecule has 0 N–H and O–H groups in total. The van der Waals surface area contributed by atoms with Gasteiger partial charge >= 0.3 is 0 Å². The highest BCUT2D eigenvalue weighted by molar-refractivity contribution is 8.30. The summed E-state index contributed by atoms with van der Waals surface area (Å²) >= 11 is 9.38. The molecule has 4 aromatic rings. The Bertz CT molecular complexity index is 1510. The van der Waals surface area contributed by atoms with Crippen LogP contribution in [0.4, 0.5) is 0 Å². The minimum absolute atomic E-state index is 0.150. The van der Waals surface area contributed by atoms with Gasteiger partial charge in [0.15, 0.2) is 10.4 Å². The van der Waals surface area contributed by atoms with Crippen molar-refractivity contribution in [2.75, 3.05) is 6.54 Å². The van der Waals surface area contributed by atoms with Crippen LogP contribution in [0.3, 0.4) is 0 Å². The normalized spacial score (nSPS) is 16.7.